The van der Waals surface area contributed by atoms with Crippen LogP contribution in [0, 0.1) is 0 Å². The third kappa shape index (κ3) is 5.47. The summed E-state index contributed by atoms with van der Waals surface area (Å²) < 4.78 is 27.7. The number of halogens is 1. The molecule has 1 saturated heterocycles. The predicted molar refractivity (Wildman–Crippen MR) is 134 cm³/mol. The summed E-state index contributed by atoms with van der Waals surface area (Å²) in [6, 6.07) is 19.8. The molecule has 0 unspecified atom stereocenters. The van der Waals surface area contributed by atoms with E-state index in [-0.39, 0.29) is 16.7 Å². The van der Waals surface area contributed by atoms with Crippen LogP contribution in [0.1, 0.15) is 18.4 Å². The topological polar surface area (TPSA) is 95.6 Å². The van der Waals surface area contributed by atoms with Gasteiger partial charge in [0.1, 0.15) is 0 Å². The Balaban J connectivity index is 1.43. The van der Waals surface area contributed by atoms with Crippen LogP contribution >= 0.6 is 11.6 Å². The van der Waals surface area contributed by atoms with Crippen molar-refractivity contribution in [1.82, 2.24) is 0 Å². The van der Waals surface area contributed by atoms with E-state index < -0.39 is 10.0 Å². The lowest BCUT2D eigenvalue weighted by Crippen LogP contribution is -2.25. The SMILES string of the molecule is O=C(/C=C/c1ccc(S(=O)(=O)Nc2ccccc2Cl)cc1)Nc1ccccc1N1CCCC1=O. The highest BCUT2D eigenvalue weighted by atomic mass is 35.5. The fourth-order valence-corrected chi connectivity index (χ4v) is 4.89. The summed E-state index contributed by atoms with van der Waals surface area (Å²) in [7, 11) is -3.81. The summed E-state index contributed by atoms with van der Waals surface area (Å²) in [5, 5.41) is 3.11. The summed E-state index contributed by atoms with van der Waals surface area (Å²) in [6.07, 6.45) is 4.23. The zero-order valence-corrected chi connectivity index (χ0v) is 19.6. The first kappa shape index (κ1) is 23.5. The number of rotatable bonds is 7. The van der Waals surface area contributed by atoms with Crippen molar-refractivity contribution in [1.29, 1.82) is 0 Å². The van der Waals surface area contributed by atoms with Crippen molar-refractivity contribution >= 4 is 56.6 Å². The Bertz CT molecular complexity index is 1350. The second-order valence-corrected chi connectivity index (χ2v) is 9.73. The van der Waals surface area contributed by atoms with Crippen LogP contribution in [0.5, 0.6) is 0 Å². The maximum absolute atomic E-state index is 12.6. The van der Waals surface area contributed by atoms with Gasteiger partial charge >= 0.3 is 0 Å². The largest absolute Gasteiger partial charge is 0.321 e. The van der Waals surface area contributed by atoms with Gasteiger partial charge in [0.15, 0.2) is 0 Å². The average molecular weight is 496 g/mol. The number of carbonyl (C=O) groups excluding carboxylic acids is 2. The number of benzene rings is 3. The van der Waals surface area contributed by atoms with Gasteiger partial charge < -0.3 is 10.2 Å². The summed E-state index contributed by atoms with van der Waals surface area (Å²) in [6.45, 7) is 0.627. The number of anilines is 3. The molecule has 0 spiro atoms. The minimum atomic E-state index is -3.81. The van der Waals surface area contributed by atoms with Crippen LogP contribution in [0.15, 0.2) is 83.8 Å². The second kappa shape index (κ2) is 10.1. The third-order valence-electron chi connectivity index (χ3n) is 5.26. The molecular formula is C25H22ClN3O4S. The highest BCUT2D eigenvalue weighted by Crippen LogP contribution is 2.29. The van der Waals surface area contributed by atoms with Gasteiger partial charge in [-0.2, -0.15) is 0 Å². The van der Waals surface area contributed by atoms with Crippen LogP contribution < -0.4 is 14.9 Å². The van der Waals surface area contributed by atoms with Crippen LogP contribution in [0.4, 0.5) is 17.1 Å². The van der Waals surface area contributed by atoms with E-state index in [2.05, 4.69) is 10.0 Å². The van der Waals surface area contributed by atoms with Gasteiger partial charge in [0.05, 0.1) is 27.0 Å². The number of hydrogen-bond donors (Lipinski definition) is 2. The molecule has 0 atom stereocenters. The predicted octanol–water partition coefficient (Wildman–Crippen LogP) is 4.92. The molecule has 0 radical (unpaired) electrons. The van der Waals surface area contributed by atoms with Crippen LogP contribution in [0.3, 0.4) is 0 Å². The number of nitrogens with zero attached hydrogens (tertiary/aromatic N) is 1. The average Bonchev–Trinajstić information content (AvgIpc) is 3.25. The van der Waals surface area contributed by atoms with Gasteiger partial charge in [-0.25, -0.2) is 8.42 Å². The highest BCUT2D eigenvalue weighted by Gasteiger charge is 2.24. The smallest absolute Gasteiger partial charge is 0.261 e. The second-order valence-electron chi connectivity index (χ2n) is 7.64. The van der Waals surface area contributed by atoms with Crippen molar-refractivity contribution in [3.8, 4) is 0 Å². The summed E-state index contributed by atoms with van der Waals surface area (Å²) in [5.74, 6) is -0.326. The Morgan fingerprint density at radius 2 is 1.62 bits per heavy atom. The Kier molecular flexibility index (Phi) is 7.00. The molecule has 1 fully saturated rings. The lowest BCUT2D eigenvalue weighted by Gasteiger charge is -2.19. The molecule has 1 aliphatic heterocycles. The first-order chi connectivity index (χ1) is 16.3. The number of hydrogen-bond acceptors (Lipinski definition) is 4. The Labute approximate surface area is 203 Å². The molecule has 0 saturated carbocycles. The van der Waals surface area contributed by atoms with E-state index in [0.717, 1.165) is 6.42 Å². The minimum absolute atomic E-state index is 0.0382. The van der Waals surface area contributed by atoms with Crippen molar-refractivity contribution in [2.75, 3.05) is 21.5 Å². The zero-order valence-electron chi connectivity index (χ0n) is 18.1. The van der Waals surface area contributed by atoms with E-state index in [9.17, 15) is 18.0 Å². The highest BCUT2D eigenvalue weighted by molar-refractivity contribution is 7.92. The maximum atomic E-state index is 12.6. The maximum Gasteiger partial charge on any atom is 0.261 e. The first-order valence-electron chi connectivity index (χ1n) is 10.6. The molecule has 9 heteroatoms. The molecule has 2 amide bonds. The van der Waals surface area contributed by atoms with E-state index in [1.165, 1.54) is 18.2 Å². The quantitative estimate of drug-likeness (QED) is 0.455. The minimum Gasteiger partial charge on any atom is -0.321 e. The molecular weight excluding hydrogens is 474 g/mol. The van der Waals surface area contributed by atoms with Crippen LogP contribution in [0.25, 0.3) is 6.08 Å². The number of sulfonamides is 1. The van der Waals surface area contributed by atoms with Crippen molar-refractivity contribution in [3.05, 3.63) is 89.5 Å². The van der Waals surface area contributed by atoms with Crippen molar-refractivity contribution in [2.45, 2.75) is 17.7 Å². The molecule has 0 bridgehead atoms. The Hall–Kier alpha value is -3.62. The van der Waals surface area contributed by atoms with E-state index in [1.807, 2.05) is 6.07 Å². The van der Waals surface area contributed by atoms with Gasteiger partial charge in [0, 0.05) is 19.0 Å². The van der Waals surface area contributed by atoms with Crippen LogP contribution in [-0.2, 0) is 19.6 Å². The Morgan fingerprint density at radius 3 is 2.29 bits per heavy atom. The molecule has 1 heterocycles. The van der Waals surface area contributed by atoms with E-state index in [4.69, 9.17) is 11.6 Å². The van der Waals surface area contributed by atoms with Gasteiger partial charge in [-0.05, 0) is 54.5 Å². The number of carbonyl (C=O) groups is 2. The van der Waals surface area contributed by atoms with Crippen molar-refractivity contribution in [3.63, 3.8) is 0 Å². The molecule has 2 N–H and O–H groups in total. The monoisotopic (exact) mass is 495 g/mol. The molecule has 0 aliphatic carbocycles. The number of para-hydroxylation sites is 3. The van der Waals surface area contributed by atoms with Gasteiger partial charge in [-0.1, -0.05) is 48.0 Å². The molecule has 0 aromatic heterocycles. The third-order valence-corrected chi connectivity index (χ3v) is 6.97. The summed E-state index contributed by atoms with van der Waals surface area (Å²) in [4.78, 5) is 26.3. The van der Waals surface area contributed by atoms with Gasteiger partial charge in [-0.15, -0.1) is 0 Å². The lowest BCUT2D eigenvalue weighted by molar-refractivity contribution is -0.117. The summed E-state index contributed by atoms with van der Waals surface area (Å²) >= 11 is 6.03. The van der Waals surface area contributed by atoms with E-state index >= 15 is 0 Å². The van der Waals surface area contributed by atoms with Gasteiger partial charge in [0.2, 0.25) is 11.8 Å². The fourth-order valence-electron chi connectivity index (χ4n) is 3.57. The molecule has 34 heavy (non-hydrogen) atoms. The van der Waals surface area contributed by atoms with E-state index in [1.54, 1.807) is 65.6 Å². The van der Waals surface area contributed by atoms with E-state index in [0.29, 0.717) is 40.6 Å². The first-order valence-corrected chi connectivity index (χ1v) is 12.5. The van der Waals surface area contributed by atoms with Gasteiger partial charge in [0.25, 0.3) is 10.0 Å². The number of nitrogens with one attached hydrogen (secondary N) is 2. The normalized spacial score (nSPS) is 13.9. The standard InChI is InChI=1S/C25H22ClN3O4S/c26-20-6-1-2-7-21(20)28-34(32,33)19-14-11-18(12-15-19)13-16-24(30)27-22-8-3-4-9-23(22)29-17-5-10-25(29)31/h1-4,6-9,11-16,28H,5,10,17H2,(H,27,30)/b16-13+. The van der Waals surface area contributed by atoms with Gasteiger partial charge in [-0.3, -0.25) is 14.3 Å². The molecule has 4 rings (SSSR count). The zero-order chi connectivity index (χ0) is 24.1. The lowest BCUT2D eigenvalue weighted by atomic mass is 10.2. The van der Waals surface area contributed by atoms with Crippen molar-refractivity contribution in [2.24, 2.45) is 0 Å². The molecule has 3 aromatic carbocycles. The fraction of sp³-hybridized carbons (Fsp3) is 0.120. The van der Waals surface area contributed by atoms with Crippen LogP contribution in [-0.4, -0.2) is 26.8 Å². The number of amides is 2. The van der Waals surface area contributed by atoms with Crippen LogP contribution in [0.2, 0.25) is 5.02 Å². The molecule has 1 aliphatic rings. The molecule has 3 aromatic rings. The molecule has 7 nitrogen and oxygen atoms in total. The summed E-state index contributed by atoms with van der Waals surface area (Å²) in [5.41, 5.74) is 2.17. The molecule has 174 valence electrons. The Morgan fingerprint density at radius 1 is 0.941 bits per heavy atom. The van der Waals surface area contributed by atoms with Crippen molar-refractivity contribution < 1.29 is 18.0 Å².